The fourth-order valence-corrected chi connectivity index (χ4v) is 1.93. The molecule has 5 heteroatoms. The maximum atomic E-state index is 13.2. The minimum Gasteiger partial charge on any atom is -0.490 e. The summed E-state index contributed by atoms with van der Waals surface area (Å²) in [6.07, 6.45) is 1.68. The van der Waals surface area contributed by atoms with Gasteiger partial charge in [-0.3, -0.25) is 0 Å². The second-order valence-electron chi connectivity index (χ2n) is 4.55. The van der Waals surface area contributed by atoms with Crippen LogP contribution in [0.1, 0.15) is 0 Å². The zero-order valence-corrected chi connectivity index (χ0v) is 11.7. The summed E-state index contributed by atoms with van der Waals surface area (Å²) in [7, 11) is 0. The highest BCUT2D eigenvalue weighted by Crippen LogP contribution is 2.25. The fraction of sp³-hybridized carbons (Fsp3) is 0.0588. The van der Waals surface area contributed by atoms with Crippen LogP contribution in [-0.4, -0.2) is 16.8 Å². The summed E-state index contributed by atoms with van der Waals surface area (Å²) in [4.78, 5) is 0. The van der Waals surface area contributed by atoms with Gasteiger partial charge in [-0.1, -0.05) is 18.7 Å². The normalized spacial score (nSPS) is 10.4. The van der Waals surface area contributed by atoms with E-state index in [9.17, 15) is 4.39 Å². The van der Waals surface area contributed by atoms with E-state index in [0.29, 0.717) is 18.1 Å². The van der Waals surface area contributed by atoms with E-state index in [1.807, 2.05) is 24.3 Å². The Morgan fingerprint density at radius 1 is 1.05 bits per heavy atom. The smallest absolute Gasteiger partial charge is 0.248 e. The van der Waals surface area contributed by atoms with Gasteiger partial charge in [0.15, 0.2) is 0 Å². The Morgan fingerprint density at radius 3 is 2.45 bits per heavy atom. The first-order chi connectivity index (χ1) is 10.8. The van der Waals surface area contributed by atoms with Crippen LogP contribution in [0, 0.1) is 5.82 Å². The standard InChI is InChI=1S/C17H13FN2O2/c1-2-10-21-15-8-6-12(7-9-15)16-19-20-17(22-16)13-4-3-5-14(18)11-13/h2-9,11H,1,10H2. The van der Waals surface area contributed by atoms with E-state index < -0.39 is 0 Å². The molecule has 0 N–H and O–H groups in total. The van der Waals surface area contributed by atoms with Crippen molar-refractivity contribution in [2.45, 2.75) is 0 Å². The van der Waals surface area contributed by atoms with E-state index in [1.54, 1.807) is 18.2 Å². The zero-order valence-electron chi connectivity index (χ0n) is 11.7. The monoisotopic (exact) mass is 296 g/mol. The van der Waals surface area contributed by atoms with Crippen LogP contribution in [0.5, 0.6) is 5.75 Å². The van der Waals surface area contributed by atoms with Gasteiger partial charge in [-0.25, -0.2) is 4.39 Å². The van der Waals surface area contributed by atoms with Crippen LogP contribution < -0.4 is 4.74 Å². The lowest BCUT2D eigenvalue weighted by molar-refractivity contribution is 0.363. The molecule has 110 valence electrons. The molecule has 0 saturated carbocycles. The second-order valence-corrected chi connectivity index (χ2v) is 4.55. The van der Waals surface area contributed by atoms with E-state index >= 15 is 0 Å². The molecular formula is C17H13FN2O2. The topological polar surface area (TPSA) is 48.2 Å². The van der Waals surface area contributed by atoms with Gasteiger partial charge >= 0.3 is 0 Å². The van der Waals surface area contributed by atoms with Crippen LogP contribution in [0.3, 0.4) is 0 Å². The molecule has 0 saturated heterocycles. The van der Waals surface area contributed by atoms with E-state index in [4.69, 9.17) is 9.15 Å². The van der Waals surface area contributed by atoms with Crippen molar-refractivity contribution in [3.05, 3.63) is 67.0 Å². The lowest BCUT2D eigenvalue weighted by Gasteiger charge is -2.02. The van der Waals surface area contributed by atoms with Crippen LogP contribution in [0.4, 0.5) is 4.39 Å². The summed E-state index contributed by atoms with van der Waals surface area (Å²) < 4.78 is 24.2. The highest BCUT2D eigenvalue weighted by molar-refractivity contribution is 5.58. The minimum absolute atomic E-state index is 0.279. The average Bonchev–Trinajstić information content (AvgIpc) is 3.03. The molecular weight excluding hydrogens is 283 g/mol. The molecule has 4 nitrogen and oxygen atoms in total. The molecule has 0 bridgehead atoms. The quantitative estimate of drug-likeness (QED) is 0.665. The lowest BCUT2D eigenvalue weighted by Crippen LogP contribution is -1.92. The first-order valence-electron chi connectivity index (χ1n) is 6.70. The highest BCUT2D eigenvalue weighted by atomic mass is 19.1. The molecule has 0 aliphatic heterocycles. The van der Waals surface area contributed by atoms with Crippen LogP contribution in [0.15, 0.2) is 65.6 Å². The third-order valence-electron chi connectivity index (χ3n) is 2.97. The van der Waals surface area contributed by atoms with Gasteiger partial charge in [-0.15, -0.1) is 10.2 Å². The maximum absolute atomic E-state index is 13.2. The molecule has 0 amide bonds. The number of rotatable bonds is 5. The summed E-state index contributed by atoms with van der Waals surface area (Å²) in [5.74, 6) is 1.03. The third kappa shape index (κ3) is 3.03. The molecule has 1 heterocycles. The first-order valence-corrected chi connectivity index (χ1v) is 6.70. The third-order valence-corrected chi connectivity index (χ3v) is 2.97. The summed E-state index contributed by atoms with van der Waals surface area (Å²) in [5, 5.41) is 7.94. The van der Waals surface area contributed by atoms with Gasteiger partial charge in [0.05, 0.1) is 0 Å². The van der Waals surface area contributed by atoms with Crippen molar-refractivity contribution in [2.24, 2.45) is 0 Å². The Morgan fingerprint density at radius 2 is 1.77 bits per heavy atom. The molecule has 0 atom stereocenters. The number of nitrogens with zero attached hydrogens (tertiary/aromatic N) is 2. The van der Waals surface area contributed by atoms with Gasteiger partial charge in [0.1, 0.15) is 18.2 Å². The van der Waals surface area contributed by atoms with Crippen molar-refractivity contribution in [2.75, 3.05) is 6.61 Å². The number of hydrogen-bond acceptors (Lipinski definition) is 4. The molecule has 1 aromatic heterocycles. The van der Waals surface area contributed by atoms with Crippen molar-refractivity contribution in [1.82, 2.24) is 10.2 Å². The van der Waals surface area contributed by atoms with E-state index in [1.165, 1.54) is 12.1 Å². The number of aromatic nitrogens is 2. The zero-order chi connectivity index (χ0) is 15.4. The number of hydrogen-bond donors (Lipinski definition) is 0. The van der Waals surface area contributed by atoms with Crippen molar-refractivity contribution in [3.8, 4) is 28.7 Å². The molecule has 0 aliphatic rings. The fourth-order valence-electron chi connectivity index (χ4n) is 1.93. The molecule has 0 fully saturated rings. The van der Waals surface area contributed by atoms with Gasteiger partial charge in [0.25, 0.3) is 0 Å². The van der Waals surface area contributed by atoms with Crippen molar-refractivity contribution in [3.63, 3.8) is 0 Å². The molecule has 3 rings (SSSR count). The van der Waals surface area contributed by atoms with Crippen LogP contribution in [-0.2, 0) is 0 Å². The highest BCUT2D eigenvalue weighted by Gasteiger charge is 2.11. The van der Waals surface area contributed by atoms with Gasteiger partial charge < -0.3 is 9.15 Å². The molecule has 22 heavy (non-hydrogen) atoms. The van der Waals surface area contributed by atoms with Gasteiger partial charge in [-0.2, -0.15) is 0 Å². The Bertz CT molecular complexity index is 781. The van der Waals surface area contributed by atoms with Crippen LogP contribution in [0.2, 0.25) is 0 Å². The van der Waals surface area contributed by atoms with Crippen LogP contribution >= 0.6 is 0 Å². The lowest BCUT2D eigenvalue weighted by atomic mass is 10.2. The first kappa shape index (κ1) is 14.0. The van der Waals surface area contributed by atoms with Crippen LogP contribution in [0.25, 0.3) is 22.9 Å². The predicted molar refractivity (Wildman–Crippen MR) is 80.8 cm³/mol. The van der Waals surface area contributed by atoms with E-state index in [-0.39, 0.29) is 11.7 Å². The Kier molecular flexibility index (Phi) is 3.96. The van der Waals surface area contributed by atoms with Crippen molar-refractivity contribution in [1.29, 1.82) is 0 Å². The largest absolute Gasteiger partial charge is 0.490 e. The molecule has 2 aromatic carbocycles. The molecule has 0 radical (unpaired) electrons. The number of ether oxygens (including phenoxy) is 1. The van der Waals surface area contributed by atoms with Crippen molar-refractivity contribution < 1.29 is 13.5 Å². The van der Waals surface area contributed by atoms with Gasteiger partial charge in [0, 0.05) is 11.1 Å². The Labute approximate surface area is 126 Å². The van der Waals surface area contributed by atoms with Gasteiger partial charge in [0.2, 0.25) is 11.8 Å². The van der Waals surface area contributed by atoms with Crippen molar-refractivity contribution >= 4 is 0 Å². The minimum atomic E-state index is -0.346. The summed E-state index contributed by atoms with van der Waals surface area (Å²) in [5.41, 5.74) is 1.31. The molecule has 0 aliphatic carbocycles. The Balaban J connectivity index is 1.83. The SMILES string of the molecule is C=CCOc1ccc(-c2nnc(-c3cccc(F)c3)o2)cc1. The molecule has 0 spiro atoms. The second kappa shape index (κ2) is 6.22. The summed E-state index contributed by atoms with van der Waals surface area (Å²) >= 11 is 0. The summed E-state index contributed by atoms with van der Waals surface area (Å²) in [6, 6.07) is 13.3. The maximum Gasteiger partial charge on any atom is 0.248 e. The number of benzene rings is 2. The average molecular weight is 296 g/mol. The number of halogens is 1. The van der Waals surface area contributed by atoms with Gasteiger partial charge in [-0.05, 0) is 42.5 Å². The Hall–Kier alpha value is -2.95. The predicted octanol–water partition coefficient (Wildman–Crippen LogP) is 4.11. The van der Waals surface area contributed by atoms with E-state index in [2.05, 4.69) is 16.8 Å². The summed E-state index contributed by atoms with van der Waals surface area (Å²) in [6.45, 7) is 4.04. The molecule has 0 unspecified atom stereocenters. The van der Waals surface area contributed by atoms with E-state index in [0.717, 1.165) is 11.3 Å². The molecule has 3 aromatic rings.